The average Bonchev–Trinajstić information content (AvgIpc) is 2.97. The van der Waals surface area contributed by atoms with Crippen molar-refractivity contribution in [2.75, 3.05) is 17.2 Å². The molecular weight excluding hydrogens is 324 g/mol. The summed E-state index contributed by atoms with van der Waals surface area (Å²) in [4.78, 5) is 8.27. The van der Waals surface area contributed by atoms with Gasteiger partial charge in [-0.1, -0.05) is 24.6 Å². The zero-order valence-electron chi connectivity index (χ0n) is 13.3. The zero-order chi connectivity index (χ0) is 16.1. The Morgan fingerprint density at radius 2 is 2.13 bits per heavy atom. The van der Waals surface area contributed by atoms with Crippen LogP contribution in [-0.4, -0.2) is 27.6 Å². The number of nitrogens with one attached hydrogen (secondary N) is 2. The summed E-state index contributed by atoms with van der Waals surface area (Å²) >= 11 is 7.02. The average molecular weight is 347 g/mol. The maximum Gasteiger partial charge on any atom is 0.189 e. The third-order valence-electron chi connectivity index (χ3n) is 4.11. The van der Waals surface area contributed by atoms with E-state index in [0.717, 1.165) is 17.4 Å². The predicted octanol–water partition coefficient (Wildman–Crippen LogP) is 4.33. The zero-order valence-corrected chi connectivity index (χ0v) is 14.9. The molecule has 23 heavy (non-hydrogen) atoms. The van der Waals surface area contributed by atoms with Crippen LogP contribution in [-0.2, 0) is 6.54 Å². The van der Waals surface area contributed by atoms with E-state index in [1.54, 1.807) is 11.3 Å². The van der Waals surface area contributed by atoms with Gasteiger partial charge in [0.2, 0.25) is 0 Å². The number of benzene rings is 1. The summed E-state index contributed by atoms with van der Waals surface area (Å²) in [5.41, 5.74) is 0.976. The normalized spacial score (nSPS) is 18.6. The van der Waals surface area contributed by atoms with E-state index < -0.39 is 0 Å². The highest BCUT2D eigenvalue weighted by molar-refractivity contribution is 7.80. The minimum Gasteiger partial charge on any atom is -0.332 e. The molecule has 4 nitrogen and oxygen atoms in total. The van der Waals surface area contributed by atoms with Crippen molar-refractivity contribution in [2.45, 2.75) is 38.8 Å². The lowest BCUT2D eigenvalue weighted by molar-refractivity contribution is 0.154. The van der Waals surface area contributed by atoms with E-state index in [1.807, 2.05) is 36.5 Å². The Bertz CT molecular complexity index is 641. The van der Waals surface area contributed by atoms with Crippen molar-refractivity contribution in [3.8, 4) is 0 Å². The Labute approximate surface area is 146 Å². The topological polar surface area (TPSA) is 40.2 Å². The number of nitrogens with zero attached hydrogens (tertiary/aromatic N) is 2. The molecule has 122 valence electrons. The van der Waals surface area contributed by atoms with Crippen LogP contribution in [0.4, 0.5) is 10.8 Å². The first-order valence-corrected chi connectivity index (χ1v) is 9.25. The molecule has 0 spiro atoms. The third kappa shape index (κ3) is 4.73. The maximum atomic E-state index is 5.34. The largest absolute Gasteiger partial charge is 0.332 e. The lowest BCUT2D eigenvalue weighted by Gasteiger charge is -2.32. The second-order valence-corrected chi connectivity index (χ2v) is 7.42. The van der Waals surface area contributed by atoms with Crippen LogP contribution < -0.4 is 10.6 Å². The molecule has 2 aromatic rings. The Balaban J connectivity index is 1.53. The Hall–Kier alpha value is -1.50. The number of rotatable bonds is 4. The molecule has 0 saturated carbocycles. The summed E-state index contributed by atoms with van der Waals surface area (Å²) < 4.78 is 0. The molecule has 0 radical (unpaired) electrons. The molecule has 0 bridgehead atoms. The fourth-order valence-electron chi connectivity index (χ4n) is 2.81. The van der Waals surface area contributed by atoms with Crippen LogP contribution in [0.3, 0.4) is 0 Å². The van der Waals surface area contributed by atoms with Gasteiger partial charge in [0, 0.05) is 29.3 Å². The number of para-hydroxylation sites is 1. The molecule has 1 aromatic heterocycles. The summed E-state index contributed by atoms with van der Waals surface area (Å²) in [7, 11) is 0. The molecule has 1 aliphatic rings. The maximum absolute atomic E-state index is 5.34. The quantitative estimate of drug-likeness (QED) is 0.807. The van der Waals surface area contributed by atoms with Gasteiger partial charge in [-0.3, -0.25) is 4.90 Å². The van der Waals surface area contributed by atoms with Crippen molar-refractivity contribution in [1.29, 1.82) is 0 Å². The van der Waals surface area contributed by atoms with Crippen molar-refractivity contribution < 1.29 is 0 Å². The van der Waals surface area contributed by atoms with Gasteiger partial charge in [-0.15, -0.1) is 11.3 Å². The van der Waals surface area contributed by atoms with Crippen LogP contribution >= 0.6 is 23.6 Å². The molecule has 1 saturated heterocycles. The number of thiazole rings is 1. The van der Waals surface area contributed by atoms with Crippen molar-refractivity contribution in [2.24, 2.45) is 0 Å². The molecule has 0 amide bonds. The van der Waals surface area contributed by atoms with Crippen LogP contribution in [0.2, 0.25) is 0 Å². The van der Waals surface area contributed by atoms with E-state index in [4.69, 9.17) is 12.2 Å². The highest BCUT2D eigenvalue weighted by atomic mass is 32.1. The molecule has 0 aliphatic carbocycles. The predicted molar refractivity (Wildman–Crippen MR) is 102 cm³/mol. The second-order valence-electron chi connectivity index (χ2n) is 5.89. The number of thiocarbonyl (C=S) groups is 1. The minimum absolute atomic E-state index is 0.573. The molecule has 1 aromatic carbocycles. The smallest absolute Gasteiger partial charge is 0.189 e. The number of aromatic nitrogens is 1. The van der Waals surface area contributed by atoms with Gasteiger partial charge in [0.25, 0.3) is 0 Å². The van der Waals surface area contributed by atoms with Crippen LogP contribution in [0.5, 0.6) is 0 Å². The highest BCUT2D eigenvalue weighted by Crippen LogP contribution is 2.24. The van der Waals surface area contributed by atoms with Crippen molar-refractivity contribution in [3.05, 3.63) is 41.4 Å². The molecule has 2 heterocycles. The van der Waals surface area contributed by atoms with Crippen molar-refractivity contribution in [3.63, 3.8) is 0 Å². The molecule has 1 unspecified atom stereocenters. The molecule has 1 atom stereocenters. The van der Waals surface area contributed by atoms with Gasteiger partial charge in [0.1, 0.15) is 0 Å². The van der Waals surface area contributed by atoms with E-state index in [0.29, 0.717) is 11.2 Å². The van der Waals surface area contributed by atoms with Gasteiger partial charge in [-0.2, -0.15) is 0 Å². The fraction of sp³-hybridized carbons (Fsp3) is 0.412. The van der Waals surface area contributed by atoms with Gasteiger partial charge in [-0.25, -0.2) is 4.98 Å². The van der Waals surface area contributed by atoms with Gasteiger partial charge < -0.3 is 10.6 Å². The lowest BCUT2D eigenvalue weighted by atomic mass is 10.0. The summed E-state index contributed by atoms with van der Waals surface area (Å²) in [5.74, 6) is 0. The van der Waals surface area contributed by atoms with Crippen molar-refractivity contribution in [1.82, 2.24) is 9.88 Å². The van der Waals surface area contributed by atoms with Gasteiger partial charge >= 0.3 is 0 Å². The number of piperidine rings is 1. The SMILES string of the molecule is CC1CCCCN1Cc1cnc(NC(=S)Nc2ccccc2)s1. The number of anilines is 2. The van der Waals surface area contributed by atoms with E-state index in [-0.39, 0.29) is 0 Å². The van der Waals surface area contributed by atoms with Crippen LogP contribution in [0.1, 0.15) is 31.1 Å². The first-order chi connectivity index (χ1) is 11.2. The summed E-state index contributed by atoms with van der Waals surface area (Å²) in [6.45, 7) is 4.49. The highest BCUT2D eigenvalue weighted by Gasteiger charge is 2.19. The number of likely N-dealkylation sites (tertiary alicyclic amines) is 1. The standard InChI is InChI=1S/C17H22N4S2/c1-13-7-5-6-10-21(13)12-15-11-18-17(23-15)20-16(22)19-14-8-3-2-4-9-14/h2-4,8-9,11,13H,5-7,10,12H2,1H3,(H2,18,19,20,22). The first kappa shape index (κ1) is 16.4. The summed E-state index contributed by atoms with van der Waals surface area (Å²) in [6, 6.07) is 10.6. The lowest BCUT2D eigenvalue weighted by Crippen LogP contribution is -2.36. The molecule has 3 rings (SSSR count). The monoisotopic (exact) mass is 346 g/mol. The van der Waals surface area contributed by atoms with Crippen LogP contribution in [0.15, 0.2) is 36.5 Å². The first-order valence-electron chi connectivity index (χ1n) is 8.02. The Morgan fingerprint density at radius 3 is 2.91 bits per heavy atom. The van der Waals surface area contributed by atoms with Crippen molar-refractivity contribution >= 4 is 39.5 Å². The van der Waals surface area contributed by atoms with Crippen LogP contribution in [0.25, 0.3) is 0 Å². The van der Waals surface area contributed by atoms with Gasteiger partial charge in [-0.05, 0) is 50.7 Å². The van der Waals surface area contributed by atoms with E-state index in [9.17, 15) is 0 Å². The van der Waals surface area contributed by atoms with Crippen LogP contribution in [0, 0.1) is 0 Å². The number of hydrogen-bond acceptors (Lipinski definition) is 4. The molecule has 1 fully saturated rings. The molecule has 2 N–H and O–H groups in total. The third-order valence-corrected chi connectivity index (χ3v) is 5.21. The molecule has 6 heteroatoms. The van der Waals surface area contributed by atoms with E-state index in [1.165, 1.54) is 30.7 Å². The number of hydrogen-bond donors (Lipinski definition) is 2. The Kier molecular flexibility index (Phi) is 5.59. The minimum atomic E-state index is 0.573. The molecular formula is C17H22N4S2. The summed E-state index contributed by atoms with van der Waals surface area (Å²) in [5, 5.41) is 7.75. The van der Waals surface area contributed by atoms with E-state index in [2.05, 4.69) is 27.4 Å². The second kappa shape index (κ2) is 7.86. The molecule has 1 aliphatic heterocycles. The van der Waals surface area contributed by atoms with E-state index >= 15 is 0 Å². The Morgan fingerprint density at radius 1 is 1.30 bits per heavy atom. The fourth-order valence-corrected chi connectivity index (χ4v) is 3.93. The summed E-state index contributed by atoms with van der Waals surface area (Å²) in [6.07, 6.45) is 5.92. The van der Waals surface area contributed by atoms with Gasteiger partial charge in [0.05, 0.1) is 0 Å². The van der Waals surface area contributed by atoms with Gasteiger partial charge in [0.15, 0.2) is 10.2 Å².